The summed E-state index contributed by atoms with van der Waals surface area (Å²) in [6, 6.07) is 24.3. The number of carbonyl (C=O) groups is 1. The zero-order chi connectivity index (χ0) is 18.8. The molecule has 4 rings (SSSR count). The fraction of sp³-hybridized carbons (Fsp3) is 0.208. The van der Waals surface area contributed by atoms with Crippen molar-refractivity contribution in [2.45, 2.75) is 19.4 Å². The predicted molar refractivity (Wildman–Crippen MR) is 107 cm³/mol. The van der Waals surface area contributed by atoms with Gasteiger partial charge in [-0.15, -0.1) is 0 Å². The number of ether oxygens (including phenoxy) is 1. The van der Waals surface area contributed by atoms with E-state index in [4.69, 9.17) is 4.74 Å². The molecule has 3 aromatic carbocycles. The summed E-state index contributed by atoms with van der Waals surface area (Å²) < 4.78 is 5.44. The van der Waals surface area contributed by atoms with Gasteiger partial charge >= 0.3 is 0 Å². The van der Waals surface area contributed by atoms with E-state index in [9.17, 15) is 4.79 Å². The molecule has 0 saturated heterocycles. The lowest BCUT2D eigenvalue weighted by Crippen LogP contribution is -2.40. The van der Waals surface area contributed by atoms with Gasteiger partial charge in [-0.3, -0.25) is 4.79 Å². The molecule has 3 aromatic rings. The van der Waals surface area contributed by atoms with Crippen LogP contribution in [0.5, 0.6) is 5.75 Å². The Labute approximate surface area is 160 Å². The monoisotopic (exact) mass is 357 g/mol. The predicted octanol–water partition coefficient (Wildman–Crippen LogP) is 4.79. The van der Waals surface area contributed by atoms with Gasteiger partial charge < -0.3 is 9.64 Å². The van der Waals surface area contributed by atoms with Crippen molar-refractivity contribution in [3.8, 4) is 5.75 Å². The number of para-hydroxylation sites is 1. The third-order valence-electron chi connectivity index (χ3n) is 5.27. The Kier molecular flexibility index (Phi) is 4.68. The minimum atomic E-state index is -0.0898. The number of hydrogen-bond donors (Lipinski definition) is 0. The summed E-state index contributed by atoms with van der Waals surface area (Å²) in [5.74, 6) is 0.622. The Morgan fingerprint density at radius 2 is 1.67 bits per heavy atom. The molecule has 0 spiro atoms. The maximum atomic E-state index is 13.5. The summed E-state index contributed by atoms with van der Waals surface area (Å²) in [4.78, 5) is 15.5. The summed E-state index contributed by atoms with van der Waals surface area (Å²) in [5.41, 5.74) is 5.47. The van der Waals surface area contributed by atoms with Gasteiger partial charge in [-0.25, -0.2) is 0 Å². The van der Waals surface area contributed by atoms with Crippen LogP contribution < -0.4 is 4.74 Å². The molecule has 0 N–H and O–H groups in total. The summed E-state index contributed by atoms with van der Waals surface area (Å²) in [6.45, 7) is 2.77. The maximum absolute atomic E-state index is 13.5. The molecule has 1 amide bonds. The Morgan fingerprint density at radius 1 is 0.963 bits per heavy atom. The second-order valence-corrected chi connectivity index (χ2v) is 6.96. The van der Waals surface area contributed by atoms with Gasteiger partial charge in [-0.1, -0.05) is 66.2 Å². The molecule has 136 valence electrons. The maximum Gasteiger partial charge on any atom is 0.258 e. The van der Waals surface area contributed by atoms with Crippen LogP contribution in [0.15, 0.2) is 72.8 Å². The van der Waals surface area contributed by atoms with Gasteiger partial charge in [0, 0.05) is 6.54 Å². The van der Waals surface area contributed by atoms with Gasteiger partial charge in [0.1, 0.15) is 5.75 Å². The lowest BCUT2D eigenvalue weighted by Gasteiger charge is -2.38. The Balaban J connectivity index is 1.81. The lowest BCUT2D eigenvalue weighted by molar-refractivity contribution is 0.0691. The van der Waals surface area contributed by atoms with E-state index < -0.39 is 0 Å². The number of methoxy groups -OCH3 is 1. The molecular formula is C24H23NO2. The fourth-order valence-corrected chi connectivity index (χ4v) is 3.87. The summed E-state index contributed by atoms with van der Waals surface area (Å²) in [5, 5.41) is 0. The number of amides is 1. The van der Waals surface area contributed by atoms with Gasteiger partial charge in [0.2, 0.25) is 0 Å². The van der Waals surface area contributed by atoms with E-state index in [2.05, 4.69) is 55.5 Å². The first-order chi connectivity index (χ1) is 13.2. The zero-order valence-corrected chi connectivity index (χ0v) is 15.7. The number of nitrogens with zero attached hydrogens (tertiary/aromatic N) is 1. The molecule has 3 nitrogen and oxygen atoms in total. The average molecular weight is 357 g/mol. The molecule has 3 heteroatoms. The molecular weight excluding hydrogens is 334 g/mol. The smallest absolute Gasteiger partial charge is 0.258 e. The minimum absolute atomic E-state index is 0.00697. The van der Waals surface area contributed by atoms with Gasteiger partial charge in [-0.2, -0.15) is 0 Å². The van der Waals surface area contributed by atoms with Crippen molar-refractivity contribution < 1.29 is 9.53 Å². The fourth-order valence-electron chi connectivity index (χ4n) is 3.87. The van der Waals surface area contributed by atoms with E-state index in [-0.39, 0.29) is 11.9 Å². The molecule has 1 aliphatic heterocycles. The van der Waals surface area contributed by atoms with E-state index >= 15 is 0 Å². The van der Waals surface area contributed by atoms with Gasteiger partial charge in [0.05, 0.1) is 18.7 Å². The molecule has 0 bridgehead atoms. The van der Waals surface area contributed by atoms with Crippen LogP contribution in [-0.4, -0.2) is 24.5 Å². The first-order valence-corrected chi connectivity index (χ1v) is 9.27. The largest absolute Gasteiger partial charge is 0.496 e. The highest BCUT2D eigenvalue weighted by Crippen LogP contribution is 2.37. The van der Waals surface area contributed by atoms with Crippen molar-refractivity contribution in [3.05, 3.63) is 101 Å². The number of carbonyl (C=O) groups excluding carboxylic acids is 1. The first kappa shape index (κ1) is 17.3. The van der Waals surface area contributed by atoms with Crippen LogP contribution >= 0.6 is 0 Å². The summed E-state index contributed by atoms with van der Waals surface area (Å²) >= 11 is 0. The second kappa shape index (κ2) is 7.28. The van der Waals surface area contributed by atoms with E-state index in [0.717, 1.165) is 12.0 Å². The number of fused-ring (bicyclic) bond motifs is 1. The first-order valence-electron chi connectivity index (χ1n) is 9.27. The topological polar surface area (TPSA) is 29.5 Å². The van der Waals surface area contributed by atoms with Crippen molar-refractivity contribution >= 4 is 5.91 Å². The number of aryl methyl sites for hydroxylation is 1. The summed E-state index contributed by atoms with van der Waals surface area (Å²) in [6.07, 6.45) is 0.861. The van der Waals surface area contributed by atoms with Crippen molar-refractivity contribution in [1.82, 2.24) is 4.90 Å². The van der Waals surface area contributed by atoms with E-state index in [1.165, 1.54) is 16.7 Å². The van der Waals surface area contributed by atoms with Crippen LogP contribution in [0.1, 0.15) is 38.7 Å². The zero-order valence-electron chi connectivity index (χ0n) is 15.7. The highest BCUT2D eigenvalue weighted by atomic mass is 16.5. The molecule has 1 aliphatic rings. The molecule has 0 aromatic heterocycles. The molecule has 1 atom stereocenters. The Morgan fingerprint density at radius 3 is 2.44 bits per heavy atom. The number of rotatable bonds is 3. The quantitative estimate of drug-likeness (QED) is 0.674. The molecule has 0 aliphatic carbocycles. The van der Waals surface area contributed by atoms with Crippen molar-refractivity contribution in [2.24, 2.45) is 0 Å². The van der Waals surface area contributed by atoms with Crippen molar-refractivity contribution in [3.63, 3.8) is 0 Å². The highest BCUT2D eigenvalue weighted by molar-refractivity contribution is 5.97. The van der Waals surface area contributed by atoms with E-state index in [0.29, 0.717) is 17.9 Å². The SMILES string of the molecule is COc1ccccc1C(=O)N1CCc2ccccc2[C@H]1c1ccc(C)cc1. The Bertz CT molecular complexity index is 962. The van der Waals surface area contributed by atoms with Crippen LogP contribution in [0.2, 0.25) is 0 Å². The van der Waals surface area contributed by atoms with Crippen LogP contribution in [-0.2, 0) is 6.42 Å². The van der Waals surface area contributed by atoms with Crippen molar-refractivity contribution in [1.29, 1.82) is 0 Å². The van der Waals surface area contributed by atoms with E-state index in [1.54, 1.807) is 7.11 Å². The van der Waals surface area contributed by atoms with Crippen LogP contribution in [0.4, 0.5) is 0 Å². The lowest BCUT2D eigenvalue weighted by atomic mass is 9.87. The molecule has 0 saturated carbocycles. The van der Waals surface area contributed by atoms with E-state index in [1.807, 2.05) is 29.2 Å². The Hall–Kier alpha value is -3.07. The minimum Gasteiger partial charge on any atom is -0.496 e. The second-order valence-electron chi connectivity index (χ2n) is 6.96. The molecule has 27 heavy (non-hydrogen) atoms. The summed E-state index contributed by atoms with van der Waals surface area (Å²) in [7, 11) is 1.61. The van der Waals surface area contributed by atoms with Crippen LogP contribution in [0.25, 0.3) is 0 Å². The highest BCUT2D eigenvalue weighted by Gasteiger charge is 2.33. The third-order valence-corrected chi connectivity index (χ3v) is 5.27. The molecule has 0 unspecified atom stereocenters. The molecule has 0 radical (unpaired) electrons. The van der Waals surface area contributed by atoms with Crippen molar-refractivity contribution in [2.75, 3.05) is 13.7 Å². The molecule has 1 heterocycles. The van der Waals surface area contributed by atoms with Crippen LogP contribution in [0, 0.1) is 6.92 Å². The van der Waals surface area contributed by atoms with Gasteiger partial charge in [0.15, 0.2) is 0 Å². The molecule has 0 fully saturated rings. The number of hydrogen-bond acceptors (Lipinski definition) is 2. The van der Waals surface area contributed by atoms with Gasteiger partial charge in [0.25, 0.3) is 5.91 Å². The van der Waals surface area contributed by atoms with Gasteiger partial charge in [-0.05, 0) is 42.2 Å². The normalized spacial score (nSPS) is 15.9. The van der Waals surface area contributed by atoms with Crippen LogP contribution in [0.3, 0.4) is 0 Å². The average Bonchev–Trinajstić information content (AvgIpc) is 2.73. The standard InChI is InChI=1S/C24H23NO2/c1-17-11-13-19(14-12-17)23-20-8-4-3-7-18(20)15-16-25(23)24(26)21-9-5-6-10-22(21)27-2/h3-14,23H,15-16H2,1-2H3/t23-/m1/s1. The third kappa shape index (κ3) is 3.21. The number of benzene rings is 3.